The highest BCUT2D eigenvalue weighted by Gasteiger charge is 2.58. The Balaban J connectivity index is 2.34. The summed E-state index contributed by atoms with van der Waals surface area (Å²) in [5.41, 5.74) is 1.27. The maximum absolute atomic E-state index is 6.47. The third-order valence-electron chi connectivity index (χ3n) is 3.18. The second-order valence-corrected chi connectivity index (χ2v) is 4.34. The summed E-state index contributed by atoms with van der Waals surface area (Å²) in [7, 11) is 0. The van der Waals surface area contributed by atoms with Crippen LogP contribution in [0.25, 0.3) is 0 Å². The molecule has 1 aromatic carbocycles. The SMILES string of the molecule is C[C@@H]1[C@H](C)C1(Cl)c1ccccc1. The lowest BCUT2D eigenvalue weighted by Gasteiger charge is -2.07. The molecule has 0 aromatic heterocycles. The average Bonchev–Trinajstić information content (AvgIpc) is 2.60. The minimum atomic E-state index is -0.0682. The van der Waals surface area contributed by atoms with E-state index in [1.54, 1.807) is 0 Å². The lowest BCUT2D eigenvalue weighted by atomic mass is 10.1. The average molecular weight is 181 g/mol. The predicted molar refractivity (Wildman–Crippen MR) is 52.3 cm³/mol. The molecule has 1 fully saturated rings. The number of benzene rings is 1. The molecule has 1 aromatic rings. The summed E-state index contributed by atoms with van der Waals surface area (Å²) in [6.45, 7) is 4.43. The highest BCUT2D eigenvalue weighted by atomic mass is 35.5. The zero-order valence-corrected chi connectivity index (χ0v) is 8.18. The Morgan fingerprint density at radius 1 is 1.08 bits per heavy atom. The van der Waals surface area contributed by atoms with Gasteiger partial charge in [0, 0.05) is 0 Å². The van der Waals surface area contributed by atoms with Gasteiger partial charge in [-0.2, -0.15) is 0 Å². The van der Waals surface area contributed by atoms with Gasteiger partial charge in [0.05, 0.1) is 4.87 Å². The smallest absolute Gasteiger partial charge is 0.0752 e. The van der Waals surface area contributed by atoms with E-state index in [1.807, 2.05) is 6.07 Å². The molecule has 0 saturated heterocycles. The van der Waals surface area contributed by atoms with E-state index in [2.05, 4.69) is 38.1 Å². The number of halogens is 1. The molecule has 0 heterocycles. The molecule has 1 aliphatic rings. The fourth-order valence-corrected chi connectivity index (χ4v) is 2.39. The van der Waals surface area contributed by atoms with Crippen LogP contribution in [0.2, 0.25) is 0 Å². The molecule has 0 nitrogen and oxygen atoms in total. The first-order valence-electron chi connectivity index (χ1n) is 4.42. The summed E-state index contributed by atoms with van der Waals surface area (Å²) in [6.07, 6.45) is 0. The van der Waals surface area contributed by atoms with Crippen LogP contribution in [0.3, 0.4) is 0 Å². The van der Waals surface area contributed by atoms with Crippen molar-refractivity contribution in [3.05, 3.63) is 35.9 Å². The van der Waals surface area contributed by atoms with Crippen molar-refractivity contribution in [2.24, 2.45) is 11.8 Å². The van der Waals surface area contributed by atoms with Crippen molar-refractivity contribution in [1.82, 2.24) is 0 Å². The Morgan fingerprint density at radius 2 is 1.58 bits per heavy atom. The number of rotatable bonds is 1. The normalized spacial score (nSPS) is 39.6. The van der Waals surface area contributed by atoms with Gasteiger partial charge in [-0.1, -0.05) is 44.2 Å². The van der Waals surface area contributed by atoms with Crippen LogP contribution < -0.4 is 0 Å². The van der Waals surface area contributed by atoms with Gasteiger partial charge in [-0.05, 0) is 17.4 Å². The number of hydrogen-bond acceptors (Lipinski definition) is 0. The second kappa shape index (κ2) is 2.50. The maximum Gasteiger partial charge on any atom is 0.0752 e. The molecule has 0 radical (unpaired) electrons. The molecular formula is C11H13Cl. The van der Waals surface area contributed by atoms with E-state index in [4.69, 9.17) is 11.6 Å². The van der Waals surface area contributed by atoms with Crippen molar-refractivity contribution in [1.29, 1.82) is 0 Å². The molecule has 12 heavy (non-hydrogen) atoms. The van der Waals surface area contributed by atoms with Crippen LogP contribution in [-0.4, -0.2) is 0 Å². The molecule has 0 bridgehead atoms. The predicted octanol–water partition coefficient (Wildman–Crippen LogP) is 3.41. The van der Waals surface area contributed by atoms with Gasteiger partial charge in [0.25, 0.3) is 0 Å². The van der Waals surface area contributed by atoms with Gasteiger partial charge in [0.15, 0.2) is 0 Å². The molecule has 3 atom stereocenters. The van der Waals surface area contributed by atoms with E-state index in [1.165, 1.54) is 5.56 Å². The van der Waals surface area contributed by atoms with E-state index >= 15 is 0 Å². The van der Waals surface area contributed by atoms with Crippen LogP contribution in [-0.2, 0) is 4.87 Å². The Morgan fingerprint density at radius 3 is 2.00 bits per heavy atom. The molecule has 2 rings (SSSR count). The highest BCUT2D eigenvalue weighted by molar-refractivity contribution is 6.26. The van der Waals surface area contributed by atoms with Gasteiger partial charge in [-0.25, -0.2) is 0 Å². The van der Waals surface area contributed by atoms with Gasteiger partial charge < -0.3 is 0 Å². The molecule has 1 aliphatic carbocycles. The molecule has 1 unspecified atom stereocenters. The van der Waals surface area contributed by atoms with Gasteiger partial charge in [-0.15, -0.1) is 11.6 Å². The fraction of sp³-hybridized carbons (Fsp3) is 0.455. The van der Waals surface area contributed by atoms with E-state index in [9.17, 15) is 0 Å². The van der Waals surface area contributed by atoms with Crippen molar-refractivity contribution in [3.8, 4) is 0 Å². The van der Waals surface area contributed by atoms with Crippen LogP contribution in [0.4, 0.5) is 0 Å². The number of hydrogen-bond donors (Lipinski definition) is 0. The Kier molecular flexibility index (Phi) is 1.69. The summed E-state index contributed by atoms with van der Waals surface area (Å²) in [5, 5.41) is 0. The van der Waals surface area contributed by atoms with Crippen LogP contribution in [0.5, 0.6) is 0 Å². The van der Waals surface area contributed by atoms with Crippen molar-refractivity contribution in [2.75, 3.05) is 0 Å². The van der Waals surface area contributed by atoms with Crippen molar-refractivity contribution < 1.29 is 0 Å². The second-order valence-electron chi connectivity index (χ2n) is 3.71. The largest absolute Gasteiger partial charge is 0.113 e. The van der Waals surface area contributed by atoms with E-state index in [0.29, 0.717) is 11.8 Å². The van der Waals surface area contributed by atoms with Crippen LogP contribution in [0.1, 0.15) is 19.4 Å². The standard InChI is InChI=1S/C11H13Cl/c1-8-9(2)11(8,12)10-6-4-3-5-7-10/h3-9H,1-2H3/t8-,9+,11?. The first kappa shape index (κ1) is 8.12. The quantitative estimate of drug-likeness (QED) is 0.582. The molecule has 64 valence electrons. The fourth-order valence-electron chi connectivity index (χ4n) is 1.94. The molecule has 1 saturated carbocycles. The Labute approximate surface area is 78.6 Å². The van der Waals surface area contributed by atoms with Crippen LogP contribution in [0, 0.1) is 11.8 Å². The van der Waals surface area contributed by atoms with Gasteiger partial charge >= 0.3 is 0 Å². The van der Waals surface area contributed by atoms with Gasteiger partial charge in [0.1, 0.15) is 0 Å². The summed E-state index contributed by atoms with van der Waals surface area (Å²) < 4.78 is 0. The molecule has 1 heteroatoms. The van der Waals surface area contributed by atoms with Crippen LogP contribution in [0.15, 0.2) is 30.3 Å². The lowest BCUT2D eigenvalue weighted by molar-refractivity contribution is 0.834. The molecule has 0 spiro atoms. The molecule has 0 aliphatic heterocycles. The highest BCUT2D eigenvalue weighted by Crippen LogP contribution is 2.62. The van der Waals surface area contributed by atoms with E-state index < -0.39 is 0 Å². The zero-order chi connectivity index (χ0) is 8.77. The molecule has 0 N–H and O–H groups in total. The van der Waals surface area contributed by atoms with E-state index in [0.717, 1.165) is 0 Å². The van der Waals surface area contributed by atoms with Gasteiger partial charge in [0.2, 0.25) is 0 Å². The summed E-state index contributed by atoms with van der Waals surface area (Å²) >= 11 is 6.47. The van der Waals surface area contributed by atoms with Crippen molar-refractivity contribution in [3.63, 3.8) is 0 Å². The monoisotopic (exact) mass is 180 g/mol. The van der Waals surface area contributed by atoms with Gasteiger partial charge in [-0.3, -0.25) is 0 Å². The Bertz CT molecular complexity index is 270. The molecule has 0 amide bonds. The Hall–Kier alpha value is -0.490. The first-order chi connectivity index (χ1) is 5.67. The lowest BCUT2D eigenvalue weighted by Crippen LogP contribution is -2.00. The van der Waals surface area contributed by atoms with Crippen molar-refractivity contribution in [2.45, 2.75) is 18.7 Å². The minimum absolute atomic E-state index is 0.0682. The molecular weight excluding hydrogens is 168 g/mol. The minimum Gasteiger partial charge on any atom is -0.113 e. The summed E-state index contributed by atoms with van der Waals surface area (Å²) in [6, 6.07) is 10.4. The topological polar surface area (TPSA) is 0 Å². The van der Waals surface area contributed by atoms with Crippen LogP contribution >= 0.6 is 11.6 Å². The number of alkyl halides is 1. The summed E-state index contributed by atoms with van der Waals surface area (Å²) in [5.74, 6) is 1.23. The maximum atomic E-state index is 6.47. The van der Waals surface area contributed by atoms with E-state index in [-0.39, 0.29) is 4.87 Å². The summed E-state index contributed by atoms with van der Waals surface area (Å²) in [4.78, 5) is -0.0682. The first-order valence-corrected chi connectivity index (χ1v) is 4.79. The zero-order valence-electron chi connectivity index (χ0n) is 7.42. The van der Waals surface area contributed by atoms with Crippen molar-refractivity contribution >= 4 is 11.6 Å². The third-order valence-corrected chi connectivity index (χ3v) is 4.09. The third kappa shape index (κ3) is 0.910.